The van der Waals surface area contributed by atoms with Crippen molar-refractivity contribution >= 4 is 4.75 Å². The van der Waals surface area contributed by atoms with Crippen molar-refractivity contribution in [2.45, 2.75) is 12.5 Å². The number of hydrogen-bond donors (Lipinski definition) is 2. The van der Waals surface area contributed by atoms with Gasteiger partial charge in [0.15, 0.2) is 0 Å². The van der Waals surface area contributed by atoms with E-state index in [0.29, 0.717) is 6.42 Å². The molecule has 63 valence electrons. The van der Waals surface area contributed by atoms with Crippen LogP contribution in [0.25, 0.3) is 0 Å². The summed E-state index contributed by atoms with van der Waals surface area (Å²) in [7, 11) is 0. The number of aromatic amines is 1. The molecule has 1 atom stereocenters. The summed E-state index contributed by atoms with van der Waals surface area (Å²) in [4.78, 5) is 17.2. The molecule has 0 aliphatic heterocycles. The monoisotopic (exact) mass is 196 g/mol. The normalized spacial score (nSPS) is 13.0. The molecule has 11 heavy (non-hydrogen) atoms. The minimum absolute atomic E-state index is 0.375. The van der Waals surface area contributed by atoms with E-state index in [1.807, 2.05) is 0 Å². The molecular weight excluding hydrogens is 189 g/mol. The molecule has 1 rings (SSSR count). The second kappa shape index (κ2) is 3.65. The van der Waals surface area contributed by atoms with Crippen LogP contribution in [0.15, 0.2) is 12.5 Å². The van der Waals surface area contributed by atoms with E-state index in [-0.39, 0.29) is 4.75 Å². The van der Waals surface area contributed by atoms with E-state index in [1.165, 1.54) is 0 Å². The Morgan fingerprint density at radius 2 is 2.64 bits per heavy atom. The summed E-state index contributed by atoms with van der Waals surface area (Å²) in [6, 6.07) is -0.574. The van der Waals surface area contributed by atoms with E-state index in [2.05, 4.69) is 25.4 Å². The van der Waals surface area contributed by atoms with Gasteiger partial charge in [-0.25, -0.2) is 0 Å². The van der Waals surface area contributed by atoms with Crippen LogP contribution in [-0.2, 0) is 26.7 Å². The van der Waals surface area contributed by atoms with Gasteiger partial charge in [0.05, 0.1) is 0 Å². The van der Waals surface area contributed by atoms with E-state index >= 15 is 0 Å². The van der Waals surface area contributed by atoms with Crippen LogP contribution in [-0.4, -0.2) is 20.8 Å². The standard InChI is InChI=1S/C6H8N3O.Ni/c7-5(3-10)1-6-2-8-4-9-6;/h2,4-5H,1,7H2,(H,8,9);/t5-;/m0./s1. The molecule has 0 radical (unpaired) electrons. The molecule has 3 N–H and O–H groups in total. The average Bonchev–Trinajstić information content (AvgIpc) is 2.39. The second-order valence-electron chi connectivity index (χ2n) is 2.16. The van der Waals surface area contributed by atoms with Gasteiger partial charge in [0.1, 0.15) is 0 Å². The third kappa shape index (κ3) is 2.44. The zero-order chi connectivity index (χ0) is 8.27. The number of H-pyrrole nitrogens is 1. The number of nitrogens with one attached hydrogen (secondary N) is 1. The average molecular weight is 197 g/mol. The van der Waals surface area contributed by atoms with Crippen LogP contribution < -0.4 is 5.73 Å². The van der Waals surface area contributed by atoms with Crippen LogP contribution in [0.5, 0.6) is 0 Å². The first-order chi connectivity index (χ1) is 5.20. The van der Waals surface area contributed by atoms with Gasteiger partial charge in [0, 0.05) is 0 Å². The zero-order valence-corrected chi connectivity index (χ0v) is 6.68. The Bertz CT molecular complexity index is 234. The van der Waals surface area contributed by atoms with E-state index in [4.69, 9.17) is 5.73 Å². The fraction of sp³-hybridized carbons (Fsp3) is 0.333. The van der Waals surface area contributed by atoms with Gasteiger partial charge in [-0.2, -0.15) is 0 Å². The zero-order valence-electron chi connectivity index (χ0n) is 5.69. The second-order valence-corrected chi connectivity index (χ2v) is 2.65. The molecule has 4 nitrogen and oxygen atoms in total. The van der Waals surface area contributed by atoms with Crippen LogP contribution >= 0.6 is 0 Å². The molecule has 0 aliphatic carbocycles. The Hall–Kier alpha value is -0.666. The first-order valence-corrected chi connectivity index (χ1v) is 3.58. The topological polar surface area (TPSA) is 71.8 Å². The van der Waals surface area contributed by atoms with Gasteiger partial charge in [-0.1, -0.05) is 0 Å². The minimum atomic E-state index is -0.574. The summed E-state index contributed by atoms with van der Waals surface area (Å²) in [5, 5.41) is 0. The van der Waals surface area contributed by atoms with Crippen LogP contribution in [0.4, 0.5) is 0 Å². The first-order valence-electron chi connectivity index (χ1n) is 3.09. The number of nitrogens with zero attached hydrogens (tertiary/aromatic N) is 1. The molecule has 0 unspecified atom stereocenters. The summed E-state index contributed by atoms with van der Waals surface area (Å²) in [6.45, 7) is 0. The predicted molar refractivity (Wildman–Crippen MR) is 35.3 cm³/mol. The Labute approximate surface area is 71.9 Å². The molecular formula is C6H8N3NiO. The number of nitrogens with two attached hydrogens (primary N) is 1. The van der Waals surface area contributed by atoms with E-state index in [1.54, 1.807) is 12.5 Å². The van der Waals surface area contributed by atoms with Crippen LogP contribution in [0.2, 0.25) is 0 Å². The molecule has 0 saturated carbocycles. The quantitative estimate of drug-likeness (QED) is 0.632. The maximum absolute atomic E-state index is 10.5. The third-order valence-electron chi connectivity index (χ3n) is 1.26. The number of hydrogen-bond acceptors (Lipinski definition) is 3. The van der Waals surface area contributed by atoms with Crippen molar-refractivity contribution in [2.75, 3.05) is 0 Å². The van der Waals surface area contributed by atoms with Crippen LogP contribution in [0, 0.1) is 0 Å². The molecule has 5 heteroatoms. The summed E-state index contributed by atoms with van der Waals surface area (Å²) < 4.78 is -0.375. The van der Waals surface area contributed by atoms with Gasteiger partial charge < -0.3 is 0 Å². The van der Waals surface area contributed by atoms with Gasteiger partial charge in [0.25, 0.3) is 0 Å². The Kier molecular flexibility index (Phi) is 2.79. The maximum atomic E-state index is 10.5. The Balaban J connectivity index is 2.50. The molecule has 0 fully saturated rings. The molecule has 0 spiro atoms. The van der Waals surface area contributed by atoms with Crippen molar-refractivity contribution < 1.29 is 20.3 Å². The van der Waals surface area contributed by atoms with Crippen LogP contribution in [0.1, 0.15) is 5.69 Å². The van der Waals surface area contributed by atoms with Crippen molar-refractivity contribution in [3.63, 3.8) is 0 Å². The molecule has 0 saturated heterocycles. The number of carbonyl (C=O) groups is 1. The van der Waals surface area contributed by atoms with Crippen LogP contribution in [0.3, 0.4) is 0 Å². The number of carbonyl (C=O) groups excluding carboxylic acids is 1. The molecule has 0 amide bonds. The summed E-state index contributed by atoms with van der Waals surface area (Å²) in [5.74, 6) is 0. The fourth-order valence-corrected chi connectivity index (χ4v) is 0.808. The Morgan fingerprint density at radius 3 is 3.09 bits per heavy atom. The summed E-state index contributed by atoms with van der Waals surface area (Å²) in [6.07, 6.45) is 3.61. The van der Waals surface area contributed by atoms with Gasteiger partial charge in [-0.3, -0.25) is 0 Å². The molecule has 0 aromatic carbocycles. The van der Waals surface area contributed by atoms with E-state index in [0.717, 1.165) is 5.69 Å². The number of imidazole rings is 1. The van der Waals surface area contributed by atoms with Gasteiger partial charge in [-0.15, -0.1) is 0 Å². The van der Waals surface area contributed by atoms with E-state index in [9.17, 15) is 4.79 Å². The van der Waals surface area contributed by atoms with Crippen molar-refractivity contribution in [1.82, 2.24) is 9.97 Å². The number of aromatic nitrogens is 2. The van der Waals surface area contributed by atoms with Gasteiger partial charge >= 0.3 is 71.4 Å². The van der Waals surface area contributed by atoms with Crippen molar-refractivity contribution in [2.24, 2.45) is 5.73 Å². The Morgan fingerprint density at radius 1 is 1.91 bits per heavy atom. The summed E-state index contributed by atoms with van der Waals surface area (Å²) >= 11 is 4.09. The van der Waals surface area contributed by atoms with Crippen molar-refractivity contribution in [1.29, 1.82) is 0 Å². The molecule has 1 aromatic heterocycles. The summed E-state index contributed by atoms with van der Waals surface area (Å²) in [5.41, 5.74) is 6.25. The molecule has 0 bridgehead atoms. The van der Waals surface area contributed by atoms with Crippen molar-refractivity contribution in [3.8, 4) is 0 Å². The molecule has 0 aliphatic rings. The van der Waals surface area contributed by atoms with Gasteiger partial charge in [0.2, 0.25) is 0 Å². The molecule has 1 heterocycles. The SMILES string of the molecule is N[C@@H](Cc1cnc[nH]1)[C](=O)[Ni]. The van der Waals surface area contributed by atoms with E-state index < -0.39 is 6.04 Å². The fourth-order valence-electron chi connectivity index (χ4n) is 0.707. The first kappa shape index (κ1) is 8.43. The van der Waals surface area contributed by atoms with Gasteiger partial charge in [-0.05, 0) is 0 Å². The third-order valence-corrected chi connectivity index (χ3v) is 1.63. The number of rotatable bonds is 3. The van der Waals surface area contributed by atoms with Crippen molar-refractivity contribution in [3.05, 3.63) is 18.2 Å². The predicted octanol–water partition coefficient (Wildman–Crippen LogP) is -0.647. The molecule has 1 aromatic rings.